The van der Waals surface area contributed by atoms with Crippen molar-refractivity contribution in [2.24, 2.45) is 10.1 Å². The quantitative estimate of drug-likeness (QED) is 0.621. The molecule has 0 unspecified atom stereocenters. The second-order valence-electron chi connectivity index (χ2n) is 6.88. The molecule has 0 radical (unpaired) electrons. The summed E-state index contributed by atoms with van der Waals surface area (Å²) in [5, 5.41) is 7.59. The lowest BCUT2D eigenvalue weighted by atomic mass is 9.94. The Morgan fingerprint density at radius 1 is 1.45 bits per heavy atom. The number of aliphatic imine (C=N–C) groups is 1. The molecule has 1 saturated heterocycles. The topological polar surface area (TPSA) is 127 Å². The summed E-state index contributed by atoms with van der Waals surface area (Å²) in [6, 6.07) is 2.34. The van der Waals surface area contributed by atoms with Crippen molar-refractivity contribution in [2.45, 2.75) is 18.5 Å². The minimum absolute atomic E-state index is 0.0971. The van der Waals surface area contributed by atoms with Gasteiger partial charge in [-0.1, -0.05) is 17.7 Å². The van der Waals surface area contributed by atoms with E-state index in [0.717, 1.165) is 6.07 Å². The first kappa shape index (κ1) is 21.8. The molecule has 0 amide bonds. The monoisotopic (exact) mass is 485 g/mol. The Morgan fingerprint density at radius 2 is 2.23 bits per heavy atom. The second-order valence-corrected chi connectivity index (χ2v) is 9.51. The molecule has 31 heavy (non-hydrogen) atoms. The summed E-state index contributed by atoms with van der Waals surface area (Å²) in [4.78, 5) is 23.5. The minimum atomic E-state index is -3.97. The molecule has 1 fully saturated rings. The molecule has 0 spiro atoms. The van der Waals surface area contributed by atoms with Gasteiger partial charge < -0.3 is 9.64 Å². The van der Waals surface area contributed by atoms with Crippen LogP contribution in [0.2, 0.25) is 5.02 Å². The van der Waals surface area contributed by atoms with E-state index >= 15 is 0 Å². The number of rotatable bonds is 5. The van der Waals surface area contributed by atoms with Crippen LogP contribution in [0.15, 0.2) is 46.0 Å². The number of methoxy groups -OCH3 is 1. The zero-order chi connectivity index (χ0) is 22.3. The van der Waals surface area contributed by atoms with E-state index in [0.29, 0.717) is 22.1 Å². The van der Waals surface area contributed by atoms with Crippen molar-refractivity contribution in [3.05, 3.63) is 62.5 Å². The average Bonchev–Trinajstić information content (AvgIpc) is 3.34. The highest BCUT2D eigenvalue weighted by Crippen LogP contribution is 2.42. The maximum Gasteiger partial charge on any atom is 0.338 e. The van der Waals surface area contributed by atoms with E-state index in [2.05, 4.69) is 9.71 Å². The Balaban J connectivity index is 1.89. The third-order valence-corrected chi connectivity index (χ3v) is 6.64. The molecule has 3 N–H and O–H groups in total. The van der Waals surface area contributed by atoms with E-state index in [1.165, 1.54) is 30.6 Å². The van der Waals surface area contributed by atoms with Crippen LogP contribution in [0, 0.1) is 5.82 Å². The van der Waals surface area contributed by atoms with Gasteiger partial charge in [-0.15, -0.1) is 11.3 Å². The van der Waals surface area contributed by atoms with Crippen molar-refractivity contribution >= 4 is 45.0 Å². The predicted molar refractivity (Wildman–Crippen MR) is 113 cm³/mol. The fourth-order valence-corrected chi connectivity index (χ4v) is 5.26. The normalized spacial score (nSPS) is 21.2. The van der Waals surface area contributed by atoms with Crippen LogP contribution in [0.4, 0.5) is 4.39 Å². The highest BCUT2D eigenvalue weighted by atomic mass is 35.5. The molecule has 3 heterocycles. The molecule has 0 aliphatic carbocycles. The summed E-state index contributed by atoms with van der Waals surface area (Å²) >= 11 is 7.62. The first-order chi connectivity index (χ1) is 14.7. The number of esters is 1. The number of carbonyl (C=O) groups is 1. The highest BCUT2D eigenvalue weighted by molar-refractivity contribution is 7.87. The zero-order valence-corrected chi connectivity index (χ0v) is 18.5. The SMILES string of the molecule is COC(=O)C1=C2C[C@H](NS(N)(=O)=O)CN2C(c2nccs2)=N[C@H]1c1ccc(F)cc1Cl. The summed E-state index contributed by atoms with van der Waals surface area (Å²) in [6.07, 6.45) is 1.78. The number of fused-ring (bicyclic) bond motifs is 1. The van der Waals surface area contributed by atoms with Gasteiger partial charge in [0.15, 0.2) is 10.8 Å². The number of carbonyl (C=O) groups excluding carboxylic acids is 1. The van der Waals surface area contributed by atoms with Gasteiger partial charge in [0.05, 0.1) is 12.7 Å². The van der Waals surface area contributed by atoms with E-state index in [-0.39, 0.29) is 23.6 Å². The number of hydrogen-bond acceptors (Lipinski definition) is 8. The summed E-state index contributed by atoms with van der Waals surface area (Å²) in [7, 11) is -2.74. The molecule has 0 saturated carbocycles. The van der Waals surface area contributed by atoms with Gasteiger partial charge in [0.25, 0.3) is 10.2 Å². The molecule has 0 bridgehead atoms. The van der Waals surface area contributed by atoms with E-state index in [1.807, 2.05) is 0 Å². The average molecular weight is 486 g/mol. The van der Waals surface area contributed by atoms with Crippen molar-refractivity contribution in [3.63, 3.8) is 0 Å². The summed E-state index contributed by atoms with van der Waals surface area (Å²) in [5.74, 6) is -0.730. The molecule has 9 nitrogen and oxygen atoms in total. The van der Waals surface area contributed by atoms with Crippen LogP contribution in [-0.2, 0) is 19.7 Å². The van der Waals surface area contributed by atoms with Crippen LogP contribution in [-0.4, -0.2) is 49.8 Å². The predicted octanol–water partition coefficient (Wildman–Crippen LogP) is 1.73. The number of amidine groups is 1. The highest BCUT2D eigenvalue weighted by Gasteiger charge is 2.43. The van der Waals surface area contributed by atoms with Gasteiger partial charge >= 0.3 is 5.97 Å². The smallest absolute Gasteiger partial charge is 0.338 e. The number of nitrogens with zero attached hydrogens (tertiary/aromatic N) is 3. The van der Waals surface area contributed by atoms with Crippen molar-refractivity contribution in [1.82, 2.24) is 14.6 Å². The summed E-state index contributed by atoms with van der Waals surface area (Å²) in [6.45, 7) is 0.189. The molecule has 2 aromatic rings. The fourth-order valence-electron chi connectivity index (χ4n) is 3.73. The number of benzene rings is 1. The van der Waals surface area contributed by atoms with Crippen LogP contribution in [0.3, 0.4) is 0 Å². The Hall–Kier alpha value is -2.38. The number of hydrogen-bond donors (Lipinski definition) is 2. The molecular weight excluding hydrogens is 469 g/mol. The Kier molecular flexibility index (Phi) is 5.83. The molecule has 1 aromatic carbocycles. The van der Waals surface area contributed by atoms with Gasteiger partial charge in [-0.3, -0.25) is 4.99 Å². The molecule has 4 rings (SSSR count). The first-order valence-corrected chi connectivity index (χ1v) is 11.8. The van der Waals surface area contributed by atoms with Crippen LogP contribution in [0.25, 0.3) is 0 Å². The molecule has 2 aliphatic heterocycles. The second kappa shape index (κ2) is 8.28. The summed E-state index contributed by atoms with van der Waals surface area (Å²) < 4.78 is 44.2. The van der Waals surface area contributed by atoms with Crippen LogP contribution in [0.5, 0.6) is 0 Å². The number of nitrogens with two attached hydrogens (primary N) is 1. The van der Waals surface area contributed by atoms with Gasteiger partial charge in [-0.2, -0.15) is 13.1 Å². The van der Waals surface area contributed by atoms with Gasteiger partial charge in [0.2, 0.25) is 0 Å². The maximum atomic E-state index is 13.6. The van der Waals surface area contributed by atoms with Gasteiger partial charge in [-0.05, 0) is 12.1 Å². The van der Waals surface area contributed by atoms with Crippen LogP contribution < -0.4 is 9.86 Å². The number of thiazole rings is 1. The third-order valence-electron chi connectivity index (χ3n) is 4.88. The van der Waals surface area contributed by atoms with Crippen LogP contribution >= 0.6 is 22.9 Å². The van der Waals surface area contributed by atoms with Gasteiger partial charge in [-0.25, -0.2) is 19.3 Å². The third kappa shape index (κ3) is 4.34. The molecule has 13 heteroatoms. The Bertz CT molecular complexity index is 1200. The zero-order valence-electron chi connectivity index (χ0n) is 16.1. The fraction of sp³-hybridized carbons (Fsp3) is 0.278. The lowest BCUT2D eigenvalue weighted by Gasteiger charge is -2.31. The Morgan fingerprint density at radius 3 is 2.84 bits per heavy atom. The van der Waals surface area contributed by atoms with E-state index < -0.39 is 34.1 Å². The minimum Gasteiger partial charge on any atom is -0.466 e. The van der Waals surface area contributed by atoms with E-state index in [9.17, 15) is 17.6 Å². The molecule has 2 aliphatic rings. The van der Waals surface area contributed by atoms with Crippen molar-refractivity contribution in [3.8, 4) is 0 Å². The van der Waals surface area contributed by atoms with Crippen molar-refractivity contribution in [1.29, 1.82) is 0 Å². The Labute approximate surface area is 186 Å². The standard InChI is InChI=1S/C18H17ClFN5O4S2/c1-29-18(26)14-13-7-10(24-31(21,27)28)8-25(13)16(17-22-4-5-30-17)23-15(14)11-3-2-9(20)6-12(11)19/h2-6,10,15,24H,7-8H2,1H3,(H2,21,27,28)/t10-,15-/m0/s1. The van der Waals surface area contributed by atoms with E-state index in [1.54, 1.807) is 16.5 Å². The molecule has 164 valence electrons. The largest absolute Gasteiger partial charge is 0.466 e. The van der Waals surface area contributed by atoms with Crippen molar-refractivity contribution in [2.75, 3.05) is 13.7 Å². The molecular formula is C18H17ClFN5O4S2. The molecule has 2 atom stereocenters. The van der Waals surface area contributed by atoms with Gasteiger partial charge in [0.1, 0.15) is 11.9 Å². The first-order valence-electron chi connectivity index (χ1n) is 8.99. The van der Waals surface area contributed by atoms with Crippen molar-refractivity contribution < 1.29 is 22.3 Å². The number of nitrogens with one attached hydrogen (secondary N) is 1. The van der Waals surface area contributed by atoms with E-state index in [4.69, 9.17) is 26.5 Å². The number of aromatic nitrogens is 1. The lowest BCUT2D eigenvalue weighted by molar-refractivity contribution is -0.136. The maximum absolute atomic E-state index is 13.6. The van der Waals surface area contributed by atoms with Gasteiger partial charge in [0, 0.05) is 46.9 Å². The summed E-state index contributed by atoms with van der Waals surface area (Å²) in [5.41, 5.74) is 1.11. The number of halogens is 2. The molecule has 1 aromatic heterocycles. The number of ether oxygens (including phenoxy) is 1. The lowest BCUT2D eigenvalue weighted by Crippen LogP contribution is -2.42. The van der Waals surface area contributed by atoms with Crippen LogP contribution in [0.1, 0.15) is 23.0 Å².